The molecule has 0 N–H and O–H groups in total. The van der Waals surface area contributed by atoms with Gasteiger partial charge < -0.3 is 0 Å². The first-order chi connectivity index (χ1) is 8.80. The monoisotopic (exact) mass is 238 g/mol. The summed E-state index contributed by atoms with van der Waals surface area (Å²) in [4.78, 5) is 17.2. The Balaban J connectivity index is 2.08. The second-order valence-corrected chi connectivity index (χ2v) is 5.31. The van der Waals surface area contributed by atoms with Crippen LogP contribution in [-0.2, 0) is 5.41 Å². The summed E-state index contributed by atoms with van der Waals surface area (Å²) in [5.74, 6) is 0.948. The van der Waals surface area contributed by atoms with Gasteiger partial charge in [0.25, 0.3) is 5.56 Å². The summed E-state index contributed by atoms with van der Waals surface area (Å²) in [6.07, 6.45) is 8.80. The van der Waals surface area contributed by atoms with Gasteiger partial charge in [-0.2, -0.15) is 0 Å². The molecule has 3 nitrogen and oxygen atoms in total. The van der Waals surface area contributed by atoms with Crippen molar-refractivity contribution in [3.63, 3.8) is 0 Å². The smallest absolute Gasteiger partial charge is 0.265 e. The average Bonchev–Trinajstić information content (AvgIpc) is 3.00. The quantitative estimate of drug-likeness (QED) is 0.707. The van der Waals surface area contributed by atoms with E-state index >= 15 is 0 Å². The molecular weight excluding hydrogens is 224 g/mol. The fourth-order valence-corrected chi connectivity index (χ4v) is 3.32. The summed E-state index contributed by atoms with van der Waals surface area (Å²) in [5, 5.41) is 0.709. The van der Waals surface area contributed by atoms with Crippen LogP contribution in [0.1, 0.15) is 31.5 Å². The normalized spacial score (nSPS) is 19.8. The van der Waals surface area contributed by atoms with Crippen molar-refractivity contribution < 1.29 is 0 Å². The SMILES string of the molecule is O=c1c2ccccc2nc2n1C=CC21CCCC1. The van der Waals surface area contributed by atoms with Gasteiger partial charge in [0.1, 0.15) is 5.82 Å². The van der Waals surface area contributed by atoms with E-state index in [0.717, 1.165) is 24.2 Å². The van der Waals surface area contributed by atoms with Gasteiger partial charge in [-0.1, -0.05) is 31.1 Å². The van der Waals surface area contributed by atoms with E-state index in [1.165, 1.54) is 12.8 Å². The molecule has 0 atom stereocenters. The molecule has 1 aliphatic carbocycles. The van der Waals surface area contributed by atoms with E-state index < -0.39 is 0 Å². The third kappa shape index (κ3) is 1.14. The summed E-state index contributed by atoms with van der Waals surface area (Å²) < 4.78 is 1.74. The Bertz CT molecular complexity index is 721. The zero-order chi connectivity index (χ0) is 12.2. The predicted molar refractivity (Wildman–Crippen MR) is 71.5 cm³/mol. The van der Waals surface area contributed by atoms with Gasteiger partial charge in [-0.3, -0.25) is 9.36 Å². The summed E-state index contributed by atoms with van der Waals surface area (Å²) in [6, 6.07) is 7.61. The number of rotatable bonds is 0. The molecule has 0 unspecified atom stereocenters. The van der Waals surface area contributed by atoms with Crippen molar-refractivity contribution in [2.75, 3.05) is 0 Å². The van der Waals surface area contributed by atoms with E-state index in [1.54, 1.807) is 4.57 Å². The van der Waals surface area contributed by atoms with Crippen molar-refractivity contribution in [1.82, 2.24) is 9.55 Å². The van der Waals surface area contributed by atoms with Gasteiger partial charge in [0.05, 0.1) is 10.9 Å². The largest absolute Gasteiger partial charge is 0.271 e. The highest BCUT2D eigenvalue weighted by atomic mass is 16.1. The van der Waals surface area contributed by atoms with E-state index in [-0.39, 0.29) is 11.0 Å². The fourth-order valence-electron chi connectivity index (χ4n) is 3.32. The molecule has 1 saturated carbocycles. The zero-order valence-corrected chi connectivity index (χ0v) is 10.1. The van der Waals surface area contributed by atoms with E-state index in [1.807, 2.05) is 30.5 Å². The van der Waals surface area contributed by atoms with E-state index in [4.69, 9.17) is 4.98 Å². The Morgan fingerprint density at radius 1 is 1.17 bits per heavy atom. The third-order valence-corrected chi connectivity index (χ3v) is 4.29. The topological polar surface area (TPSA) is 34.9 Å². The van der Waals surface area contributed by atoms with Crippen molar-refractivity contribution in [1.29, 1.82) is 0 Å². The molecule has 4 rings (SSSR count). The minimum atomic E-state index is 0.0309. The van der Waals surface area contributed by atoms with Crippen LogP contribution in [0.3, 0.4) is 0 Å². The van der Waals surface area contributed by atoms with Crippen molar-refractivity contribution in [2.24, 2.45) is 0 Å². The number of fused-ring (bicyclic) bond motifs is 3. The van der Waals surface area contributed by atoms with Crippen LogP contribution in [0.2, 0.25) is 0 Å². The molecule has 2 aliphatic rings. The Kier molecular flexibility index (Phi) is 1.85. The molecule has 90 valence electrons. The zero-order valence-electron chi connectivity index (χ0n) is 10.1. The first-order valence-electron chi connectivity index (χ1n) is 6.51. The lowest BCUT2D eigenvalue weighted by molar-refractivity contribution is 0.529. The lowest BCUT2D eigenvalue weighted by Gasteiger charge is -2.21. The average molecular weight is 238 g/mol. The number of para-hydroxylation sites is 1. The Morgan fingerprint density at radius 3 is 2.78 bits per heavy atom. The van der Waals surface area contributed by atoms with Crippen molar-refractivity contribution >= 4 is 17.1 Å². The van der Waals surface area contributed by atoms with Gasteiger partial charge in [-0.25, -0.2) is 4.98 Å². The first kappa shape index (κ1) is 10.1. The molecule has 2 aromatic rings. The van der Waals surface area contributed by atoms with Gasteiger partial charge >= 0.3 is 0 Å². The minimum absolute atomic E-state index is 0.0309. The summed E-state index contributed by atoms with van der Waals surface area (Å²) >= 11 is 0. The predicted octanol–water partition coefficient (Wildman–Crippen LogP) is 2.69. The maximum atomic E-state index is 12.4. The van der Waals surface area contributed by atoms with Crippen LogP contribution in [-0.4, -0.2) is 9.55 Å². The molecule has 1 spiro atoms. The van der Waals surface area contributed by atoms with Crippen molar-refractivity contribution in [2.45, 2.75) is 31.1 Å². The molecule has 3 heteroatoms. The maximum absolute atomic E-state index is 12.4. The molecular formula is C15H14N2O. The van der Waals surface area contributed by atoms with Crippen LogP contribution in [0.15, 0.2) is 35.1 Å². The van der Waals surface area contributed by atoms with Gasteiger partial charge in [0.2, 0.25) is 0 Å². The number of hydrogen-bond donors (Lipinski definition) is 0. The second-order valence-electron chi connectivity index (χ2n) is 5.31. The molecule has 1 aliphatic heterocycles. The fraction of sp³-hybridized carbons (Fsp3) is 0.333. The van der Waals surface area contributed by atoms with Crippen LogP contribution in [0.25, 0.3) is 17.1 Å². The number of allylic oxidation sites excluding steroid dienone is 1. The third-order valence-electron chi connectivity index (χ3n) is 4.29. The molecule has 0 radical (unpaired) electrons. The summed E-state index contributed by atoms with van der Waals surface area (Å²) in [6.45, 7) is 0. The van der Waals surface area contributed by atoms with Crippen LogP contribution in [0, 0.1) is 0 Å². The highest BCUT2D eigenvalue weighted by Gasteiger charge is 2.40. The van der Waals surface area contributed by atoms with Crippen LogP contribution in [0.5, 0.6) is 0 Å². The van der Waals surface area contributed by atoms with Crippen LogP contribution < -0.4 is 5.56 Å². The molecule has 0 bridgehead atoms. The summed E-state index contributed by atoms with van der Waals surface area (Å²) in [7, 11) is 0. The van der Waals surface area contributed by atoms with Gasteiger partial charge in [-0.05, 0) is 25.0 Å². The van der Waals surface area contributed by atoms with Crippen LogP contribution >= 0.6 is 0 Å². The Hall–Kier alpha value is -1.90. The highest BCUT2D eigenvalue weighted by molar-refractivity contribution is 5.78. The molecule has 1 aromatic heterocycles. The number of benzene rings is 1. The van der Waals surface area contributed by atoms with Crippen LogP contribution in [0.4, 0.5) is 0 Å². The first-order valence-corrected chi connectivity index (χ1v) is 6.51. The minimum Gasteiger partial charge on any atom is -0.271 e. The Morgan fingerprint density at radius 2 is 1.94 bits per heavy atom. The number of nitrogens with zero attached hydrogens (tertiary/aromatic N) is 2. The second kappa shape index (κ2) is 3.31. The number of hydrogen-bond acceptors (Lipinski definition) is 2. The van der Waals surface area contributed by atoms with Crippen molar-refractivity contribution in [3.05, 3.63) is 46.5 Å². The molecule has 0 amide bonds. The van der Waals surface area contributed by atoms with E-state index in [0.29, 0.717) is 5.39 Å². The molecule has 18 heavy (non-hydrogen) atoms. The van der Waals surface area contributed by atoms with E-state index in [2.05, 4.69) is 6.08 Å². The van der Waals surface area contributed by atoms with Crippen molar-refractivity contribution in [3.8, 4) is 0 Å². The lowest BCUT2D eigenvalue weighted by Crippen LogP contribution is -2.26. The summed E-state index contributed by atoms with van der Waals surface area (Å²) in [5.41, 5.74) is 0.919. The molecule has 1 aromatic carbocycles. The molecule has 0 saturated heterocycles. The van der Waals surface area contributed by atoms with Gasteiger partial charge in [0, 0.05) is 11.6 Å². The van der Waals surface area contributed by atoms with Gasteiger partial charge in [0.15, 0.2) is 0 Å². The maximum Gasteiger partial charge on any atom is 0.265 e. The van der Waals surface area contributed by atoms with E-state index in [9.17, 15) is 4.79 Å². The standard InChI is InChI=1S/C15H14N2O/c18-13-11-5-1-2-6-12(11)16-14-15(7-3-4-8-15)9-10-17(13)14/h1-2,5-6,9-10H,3-4,7-8H2. The number of aromatic nitrogens is 2. The van der Waals surface area contributed by atoms with Gasteiger partial charge in [-0.15, -0.1) is 0 Å². The Labute approximate surface area is 105 Å². The molecule has 2 heterocycles. The molecule has 1 fully saturated rings. The lowest BCUT2D eigenvalue weighted by atomic mass is 9.86. The highest BCUT2D eigenvalue weighted by Crippen LogP contribution is 2.44.